The number of nitro groups is 1. The Hall–Kier alpha value is -2.97. The lowest BCUT2D eigenvalue weighted by atomic mass is 9.78. The van der Waals surface area contributed by atoms with E-state index in [9.17, 15) is 24.5 Å². The fourth-order valence-electron chi connectivity index (χ4n) is 3.52. The second kappa shape index (κ2) is 9.29. The third-order valence-corrected chi connectivity index (χ3v) is 4.62. The van der Waals surface area contributed by atoms with Gasteiger partial charge in [0.2, 0.25) is 6.29 Å². The minimum atomic E-state index is -1.17. The topological polar surface area (TPSA) is 122 Å². The molecule has 1 aromatic rings. The molecular formula is C19H23NO8. The number of ketones is 1. The summed E-state index contributed by atoms with van der Waals surface area (Å²) in [5, 5.41) is 10.6. The Morgan fingerprint density at radius 3 is 2.25 bits per heavy atom. The summed E-state index contributed by atoms with van der Waals surface area (Å²) < 4.78 is 14.9. The summed E-state index contributed by atoms with van der Waals surface area (Å²) in [5.74, 6) is -0.454. The van der Waals surface area contributed by atoms with E-state index in [-0.39, 0.29) is 29.1 Å². The number of Topliss-reactive ketones (excluding diaryl/α,β-unsaturated/α-hetero) is 1. The van der Waals surface area contributed by atoms with Crippen molar-refractivity contribution in [2.24, 2.45) is 5.41 Å². The van der Waals surface area contributed by atoms with Crippen molar-refractivity contribution in [3.8, 4) is 5.75 Å². The van der Waals surface area contributed by atoms with Crippen LogP contribution in [-0.4, -0.2) is 29.1 Å². The summed E-state index contributed by atoms with van der Waals surface area (Å²) in [4.78, 5) is 45.5. The van der Waals surface area contributed by atoms with Crippen LogP contribution in [-0.2, 0) is 19.1 Å². The van der Waals surface area contributed by atoms with Crippen molar-refractivity contribution in [2.45, 2.75) is 58.7 Å². The Bertz CT molecular complexity index is 737. The van der Waals surface area contributed by atoms with Gasteiger partial charge in [0.25, 0.3) is 5.69 Å². The normalized spacial score (nSPS) is 16.1. The van der Waals surface area contributed by atoms with Gasteiger partial charge in [-0.25, -0.2) is 4.79 Å². The van der Waals surface area contributed by atoms with E-state index in [4.69, 9.17) is 14.2 Å². The summed E-state index contributed by atoms with van der Waals surface area (Å²) in [7, 11) is 0. The standard InChI is InChI=1S/C19H23NO8/c1-13(21)11-19(9-3-4-10-19)12-17(22)26-14(2)27-18(23)28-16-7-5-15(6-8-16)20(24)25/h5-8,14H,3-4,9-12H2,1-2H3. The van der Waals surface area contributed by atoms with Gasteiger partial charge in [0.15, 0.2) is 0 Å². The molecule has 0 heterocycles. The SMILES string of the molecule is CC(=O)CC1(CC(=O)OC(C)OC(=O)Oc2ccc([N+](=O)[O-])cc2)CCCC1. The molecule has 2 rings (SSSR count). The molecule has 1 aliphatic carbocycles. The van der Waals surface area contributed by atoms with Gasteiger partial charge < -0.3 is 19.0 Å². The van der Waals surface area contributed by atoms with Crippen LogP contribution in [0.4, 0.5) is 10.5 Å². The van der Waals surface area contributed by atoms with Crippen LogP contribution in [0.5, 0.6) is 5.75 Å². The monoisotopic (exact) mass is 393 g/mol. The molecule has 1 atom stereocenters. The fraction of sp³-hybridized carbons (Fsp3) is 0.526. The minimum absolute atomic E-state index is 0.0330. The summed E-state index contributed by atoms with van der Waals surface area (Å²) >= 11 is 0. The summed E-state index contributed by atoms with van der Waals surface area (Å²) in [6, 6.07) is 4.87. The second-order valence-corrected chi connectivity index (χ2v) is 7.04. The first-order valence-corrected chi connectivity index (χ1v) is 9.01. The van der Waals surface area contributed by atoms with Crippen molar-refractivity contribution in [3.63, 3.8) is 0 Å². The summed E-state index contributed by atoms with van der Waals surface area (Å²) in [5.41, 5.74) is -0.517. The van der Waals surface area contributed by atoms with Crippen LogP contribution in [0, 0.1) is 15.5 Å². The predicted octanol–water partition coefficient (Wildman–Crippen LogP) is 3.93. The van der Waals surface area contributed by atoms with Crippen molar-refractivity contribution in [1.82, 2.24) is 0 Å². The minimum Gasteiger partial charge on any atom is -0.425 e. The highest BCUT2D eigenvalue weighted by Crippen LogP contribution is 2.44. The average Bonchev–Trinajstić information content (AvgIpc) is 3.01. The first kappa shape index (κ1) is 21.3. The Morgan fingerprint density at radius 2 is 1.71 bits per heavy atom. The van der Waals surface area contributed by atoms with E-state index in [2.05, 4.69) is 0 Å². The highest BCUT2D eigenvalue weighted by atomic mass is 16.8. The first-order chi connectivity index (χ1) is 13.2. The van der Waals surface area contributed by atoms with Crippen LogP contribution < -0.4 is 4.74 Å². The first-order valence-electron chi connectivity index (χ1n) is 9.01. The lowest BCUT2D eigenvalue weighted by Gasteiger charge is -2.27. The van der Waals surface area contributed by atoms with E-state index in [1.807, 2.05) is 0 Å². The van der Waals surface area contributed by atoms with Crippen LogP contribution in [0.2, 0.25) is 0 Å². The summed E-state index contributed by atoms with van der Waals surface area (Å²) in [6.45, 7) is 2.88. The molecule has 1 aromatic carbocycles. The molecule has 1 aliphatic rings. The van der Waals surface area contributed by atoms with E-state index in [0.29, 0.717) is 6.42 Å². The maximum Gasteiger partial charge on any atom is 0.516 e. The van der Waals surface area contributed by atoms with E-state index in [1.165, 1.54) is 38.1 Å². The zero-order chi connectivity index (χ0) is 20.7. The molecule has 1 unspecified atom stereocenters. The molecule has 0 bridgehead atoms. The number of carbonyl (C=O) groups is 3. The van der Waals surface area contributed by atoms with Crippen molar-refractivity contribution in [2.75, 3.05) is 0 Å². The Kier molecular flexibility index (Phi) is 7.08. The molecule has 152 valence electrons. The zero-order valence-corrected chi connectivity index (χ0v) is 15.8. The maximum absolute atomic E-state index is 12.2. The molecule has 0 amide bonds. The van der Waals surface area contributed by atoms with E-state index in [0.717, 1.165) is 25.7 Å². The molecule has 0 saturated heterocycles. The largest absolute Gasteiger partial charge is 0.516 e. The van der Waals surface area contributed by atoms with Gasteiger partial charge in [-0.3, -0.25) is 14.9 Å². The third kappa shape index (κ3) is 6.33. The van der Waals surface area contributed by atoms with Gasteiger partial charge in [-0.2, -0.15) is 0 Å². The Morgan fingerprint density at radius 1 is 1.11 bits per heavy atom. The Balaban J connectivity index is 1.82. The number of carbonyl (C=O) groups excluding carboxylic acids is 3. The van der Waals surface area contributed by atoms with E-state index in [1.54, 1.807) is 0 Å². The number of ether oxygens (including phenoxy) is 3. The van der Waals surface area contributed by atoms with Gasteiger partial charge >= 0.3 is 12.1 Å². The number of nitrogens with zero attached hydrogens (tertiary/aromatic N) is 1. The highest BCUT2D eigenvalue weighted by Gasteiger charge is 2.38. The summed E-state index contributed by atoms with van der Waals surface area (Å²) in [6.07, 6.45) is 1.67. The smallest absolute Gasteiger partial charge is 0.425 e. The number of benzene rings is 1. The van der Waals surface area contributed by atoms with E-state index < -0.39 is 23.3 Å². The molecular weight excluding hydrogens is 370 g/mol. The zero-order valence-electron chi connectivity index (χ0n) is 15.8. The molecule has 0 aromatic heterocycles. The number of hydrogen-bond donors (Lipinski definition) is 0. The van der Waals surface area contributed by atoms with Crippen LogP contribution in [0.15, 0.2) is 24.3 Å². The predicted molar refractivity (Wildman–Crippen MR) is 96.6 cm³/mol. The van der Waals surface area contributed by atoms with Gasteiger partial charge in [0, 0.05) is 25.5 Å². The van der Waals surface area contributed by atoms with Crippen LogP contribution in [0.3, 0.4) is 0 Å². The third-order valence-electron chi connectivity index (χ3n) is 4.62. The van der Waals surface area contributed by atoms with Gasteiger partial charge in [-0.15, -0.1) is 0 Å². The molecule has 1 saturated carbocycles. The van der Waals surface area contributed by atoms with Crippen molar-refractivity contribution in [1.29, 1.82) is 0 Å². The number of nitro benzene ring substituents is 1. The molecule has 0 radical (unpaired) electrons. The quantitative estimate of drug-likeness (QED) is 0.214. The molecule has 9 heteroatoms. The van der Waals surface area contributed by atoms with E-state index >= 15 is 0 Å². The van der Waals surface area contributed by atoms with Crippen molar-refractivity contribution in [3.05, 3.63) is 34.4 Å². The van der Waals surface area contributed by atoms with Gasteiger partial charge in [0.05, 0.1) is 11.3 Å². The van der Waals surface area contributed by atoms with Gasteiger partial charge in [-0.1, -0.05) is 12.8 Å². The molecule has 28 heavy (non-hydrogen) atoms. The van der Waals surface area contributed by atoms with Crippen LogP contribution in [0.25, 0.3) is 0 Å². The van der Waals surface area contributed by atoms with Crippen molar-refractivity contribution >= 4 is 23.6 Å². The molecule has 9 nitrogen and oxygen atoms in total. The lowest BCUT2D eigenvalue weighted by Crippen LogP contribution is -2.29. The lowest BCUT2D eigenvalue weighted by molar-refractivity contribution is -0.384. The fourth-order valence-corrected chi connectivity index (χ4v) is 3.52. The molecule has 0 spiro atoms. The second-order valence-electron chi connectivity index (χ2n) is 7.04. The maximum atomic E-state index is 12.2. The molecule has 0 aliphatic heterocycles. The average molecular weight is 393 g/mol. The number of hydrogen-bond acceptors (Lipinski definition) is 8. The number of esters is 1. The number of rotatable bonds is 8. The van der Waals surface area contributed by atoms with Crippen molar-refractivity contribution < 1.29 is 33.5 Å². The number of non-ortho nitro benzene ring substituents is 1. The van der Waals surface area contributed by atoms with Gasteiger partial charge in [-0.05, 0) is 37.3 Å². The Labute approximate surface area is 162 Å². The van der Waals surface area contributed by atoms with Crippen LogP contribution >= 0.6 is 0 Å². The van der Waals surface area contributed by atoms with Gasteiger partial charge in [0.1, 0.15) is 11.5 Å². The molecule has 1 fully saturated rings. The highest BCUT2D eigenvalue weighted by molar-refractivity contribution is 5.78. The molecule has 0 N–H and O–H groups in total. The van der Waals surface area contributed by atoms with Crippen LogP contribution in [0.1, 0.15) is 52.4 Å².